The molecule has 20 heavy (non-hydrogen) atoms. The van der Waals surface area contributed by atoms with Gasteiger partial charge in [-0.05, 0) is 17.7 Å². The lowest BCUT2D eigenvalue weighted by Crippen LogP contribution is -2.01. The number of non-ortho nitro benzene ring substituents is 1. The summed E-state index contributed by atoms with van der Waals surface area (Å²) in [5.41, 5.74) is 0.898. The van der Waals surface area contributed by atoms with Crippen molar-refractivity contribution in [2.24, 2.45) is 0 Å². The molecule has 0 aliphatic carbocycles. The molecule has 0 bridgehead atoms. The van der Waals surface area contributed by atoms with E-state index in [1.807, 2.05) is 0 Å². The Morgan fingerprint density at radius 2 is 1.85 bits per heavy atom. The molecule has 0 amide bonds. The number of rotatable bonds is 4. The van der Waals surface area contributed by atoms with Gasteiger partial charge in [0.15, 0.2) is 0 Å². The molecule has 0 fully saturated rings. The van der Waals surface area contributed by atoms with Gasteiger partial charge < -0.3 is 5.32 Å². The molecule has 0 saturated carbocycles. The Hall–Kier alpha value is -1.85. The molecule has 2 aromatic carbocycles. The van der Waals surface area contributed by atoms with Gasteiger partial charge in [-0.3, -0.25) is 10.1 Å². The highest BCUT2D eigenvalue weighted by atomic mass is 35.5. The van der Waals surface area contributed by atoms with Crippen LogP contribution >= 0.6 is 23.2 Å². The zero-order valence-corrected chi connectivity index (χ0v) is 11.6. The number of hydrogen-bond acceptors (Lipinski definition) is 3. The summed E-state index contributed by atoms with van der Waals surface area (Å²) < 4.78 is 13.0. The zero-order valence-electron chi connectivity index (χ0n) is 10.1. The minimum absolute atomic E-state index is 0.139. The van der Waals surface area contributed by atoms with E-state index in [0.29, 0.717) is 17.8 Å². The Bertz CT molecular complexity index is 642. The van der Waals surface area contributed by atoms with Crippen molar-refractivity contribution in [2.45, 2.75) is 6.54 Å². The van der Waals surface area contributed by atoms with E-state index in [2.05, 4.69) is 5.32 Å². The normalized spacial score (nSPS) is 10.3. The Balaban J connectivity index is 2.20. The monoisotopic (exact) mass is 314 g/mol. The summed E-state index contributed by atoms with van der Waals surface area (Å²) >= 11 is 11.9. The minimum Gasteiger partial charge on any atom is -0.379 e. The first-order valence-electron chi connectivity index (χ1n) is 5.59. The van der Waals surface area contributed by atoms with Crippen LogP contribution in [-0.2, 0) is 6.54 Å². The lowest BCUT2D eigenvalue weighted by molar-refractivity contribution is -0.384. The molecule has 0 aromatic heterocycles. The summed E-state index contributed by atoms with van der Waals surface area (Å²) in [6.45, 7) is 0.301. The molecule has 1 N–H and O–H groups in total. The summed E-state index contributed by atoms with van der Waals surface area (Å²) in [6.07, 6.45) is 0. The number of hydrogen-bond donors (Lipinski definition) is 1. The average Bonchev–Trinajstić information content (AvgIpc) is 2.37. The van der Waals surface area contributed by atoms with Gasteiger partial charge in [0.1, 0.15) is 5.82 Å². The van der Waals surface area contributed by atoms with Gasteiger partial charge in [0.05, 0.1) is 20.7 Å². The van der Waals surface area contributed by atoms with Crippen molar-refractivity contribution in [2.75, 3.05) is 5.32 Å². The molecule has 0 aliphatic rings. The fourth-order valence-electron chi connectivity index (χ4n) is 1.67. The van der Waals surface area contributed by atoms with E-state index < -0.39 is 4.92 Å². The van der Waals surface area contributed by atoms with E-state index >= 15 is 0 Å². The third kappa shape index (κ3) is 3.37. The third-order valence-corrected chi connectivity index (χ3v) is 3.19. The number of nitrogens with zero attached hydrogens (tertiary/aromatic N) is 1. The maximum atomic E-state index is 13.0. The number of nitro groups is 1. The predicted molar refractivity (Wildman–Crippen MR) is 76.8 cm³/mol. The highest BCUT2D eigenvalue weighted by Gasteiger charge is 2.14. The SMILES string of the molecule is O=[N+]([O-])c1cc(Cl)c(NCc2cccc(F)c2)c(Cl)c1. The van der Waals surface area contributed by atoms with Crippen LogP contribution in [0.2, 0.25) is 10.0 Å². The number of benzene rings is 2. The van der Waals surface area contributed by atoms with Gasteiger partial charge in [0.2, 0.25) is 0 Å². The number of anilines is 1. The molecule has 104 valence electrons. The van der Waals surface area contributed by atoms with Crippen LogP contribution in [0.25, 0.3) is 0 Å². The maximum Gasteiger partial charge on any atom is 0.272 e. The first-order chi connectivity index (χ1) is 9.47. The summed E-state index contributed by atoms with van der Waals surface area (Å²) in [6, 6.07) is 8.47. The van der Waals surface area contributed by atoms with Crippen molar-refractivity contribution in [3.05, 3.63) is 67.9 Å². The summed E-state index contributed by atoms with van der Waals surface area (Å²) in [7, 11) is 0. The van der Waals surface area contributed by atoms with Gasteiger partial charge in [-0.1, -0.05) is 35.3 Å². The van der Waals surface area contributed by atoms with E-state index in [0.717, 1.165) is 0 Å². The van der Waals surface area contributed by atoms with Crippen LogP contribution in [0.5, 0.6) is 0 Å². The van der Waals surface area contributed by atoms with Gasteiger partial charge >= 0.3 is 0 Å². The molecule has 0 radical (unpaired) electrons. The topological polar surface area (TPSA) is 55.2 Å². The molecule has 0 aliphatic heterocycles. The maximum absolute atomic E-state index is 13.0. The van der Waals surface area contributed by atoms with Crippen molar-refractivity contribution >= 4 is 34.6 Å². The molecule has 2 rings (SSSR count). The quantitative estimate of drug-likeness (QED) is 0.660. The van der Waals surface area contributed by atoms with Crippen LogP contribution in [-0.4, -0.2) is 4.92 Å². The number of nitrogens with one attached hydrogen (secondary N) is 1. The molecule has 2 aromatic rings. The summed E-state index contributed by atoms with van der Waals surface area (Å²) in [5.74, 6) is -0.342. The van der Waals surface area contributed by atoms with Crippen molar-refractivity contribution in [1.29, 1.82) is 0 Å². The highest BCUT2D eigenvalue weighted by molar-refractivity contribution is 6.39. The van der Waals surface area contributed by atoms with Crippen molar-refractivity contribution in [1.82, 2.24) is 0 Å². The van der Waals surface area contributed by atoms with Gasteiger partial charge in [-0.25, -0.2) is 4.39 Å². The molecular weight excluding hydrogens is 306 g/mol. The number of halogens is 3. The van der Waals surface area contributed by atoms with Gasteiger partial charge in [0.25, 0.3) is 5.69 Å². The second-order valence-electron chi connectivity index (χ2n) is 4.02. The highest BCUT2D eigenvalue weighted by Crippen LogP contribution is 2.34. The molecule has 0 atom stereocenters. The lowest BCUT2D eigenvalue weighted by Gasteiger charge is -2.10. The standard InChI is InChI=1S/C13H9Cl2FN2O2/c14-11-5-10(18(19)20)6-12(15)13(11)17-7-8-2-1-3-9(16)4-8/h1-6,17H,7H2. The van der Waals surface area contributed by atoms with E-state index in [9.17, 15) is 14.5 Å². The average molecular weight is 315 g/mol. The van der Waals surface area contributed by atoms with E-state index in [1.165, 1.54) is 24.3 Å². The molecule has 7 heteroatoms. The molecular formula is C13H9Cl2FN2O2. The number of nitro benzene ring substituents is 1. The second kappa shape index (κ2) is 6.07. The Kier molecular flexibility index (Phi) is 4.42. The van der Waals surface area contributed by atoms with Crippen molar-refractivity contribution in [3.63, 3.8) is 0 Å². The molecule has 0 unspecified atom stereocenters. The van der Waals surface area contributed by atoms with Crippen LogP contribution in [0.3, 0.4) is 0 Å². The zero-order chi connectivity index (χ0) is 14.7. The fourth-order valence-corrected chi connectivity index (χ4v) is 2.28. The van der Waals surface area contributed by atoms with E-state index in [-0.39, 0.29) is 21.5 Å². The Morgan fingerprint density at radius 3 is 2.40 bits per heavy atom. The Morgan fingerprint density at radius 1 is 1.20 bits per heavy atom. The lowest BCUT2D eigenvalue weighted by atomic mass is 10.2. The smallest absolute Gasteiger partial charge is 0.272 e. The first-order valence-corrected chi connectivity index (χ1v) is 6.34. The molecule has 4 nitrogen and oxygen atoms in total. The minimum atomic E-state index is -0.575. The first kappa shape index (κ1) is 14.6. The van der Waals surface area contributed by atoms with Crippen molar-refractivity contribution < 1.29 is 9.31 Å². The van der Waals surface area contributed by atoms with Crippen LogP contribution in [0.4, 0.5) is 15.8 Å². The second-order valence-corrected chi connectivity index (χ2v) is 4.84. The molecule has 0 saturated heterocycles. The van der Waals surface area contributed by atoms with Crippen LogP contribution < -0.4 is 5.32 Å². The predicted octanol–water partition coefficient (Wildman–Crippen LogP) is 4.65. The van der Waals surface area contributed by atoms with Gasteiger partial charge in [0, 0.05) is 18.7 Å². The van der Waals surface area contributed by atoms with Crippen molar-refractivity contribution in [3.8, 4) is 0 Å². The van der Waals surface area contributed by atoms with Crippen LogP contribution in [0, 0.1) is 15.9 Å². The molecule has 0 spiro atoms. The summed E-state index contributed by atoms with van der Waals surface area (Å²) in [5, 5.41) is 13.9. The van der Waals surface area contributed by atoms with E-state index in [4.69, 9.17) is 23.2 Å². The fraction of sp³-hybridized carbons (Fsp3) is 0.0769. The van der Waals surface area contributed by atoms with Crippen LogP contribution in [0.1, 0.15) is 5.56 Å². The van der Waals surface area contributed by atoms with E-state index in [1.54, 1.807) is 12.1 Å². The Labute approximate surface area is 124 Å². The van der Waals surface area contributed by atoms with Gasteiger partial charge in [-0.15, -0.1) is 0 Å². The third-order valence-electron chi connectivity index (χ3n) is 2.60. The molecule has 0 heterocycles. The van der Waals surface area contributed by atoms with Crippen LogP contribution in [0.15, 0.2) is 36.4 Å². The van der Waals surface area contributed by atoms with Gasteiger partial charge in [-0.2, -0.15) is 0 Å². The largest absolute Gasteiger partial charge is 0.379 e. The summed E-state index contributed by atoms with van der Waals surface area (Å²) in [4.78, 5) is 10.1.